The molecule has 1 unspecified atom stereocenters. The molecule has 0 saturated heterocycles. The van der Waals surface area contributed by atoms with Crippen LogP contribution in [0.4, 0.5) is 8.78 Å². The minimum absolute atomic E-state index is 0.246. The summed E-state index contributed by atoms with van der Waals surface area (Å²) >= 11 is 0. The summed E-state index contributed by atoms with van der Waals surface area (Å²) < 4.78 is 36.2. The molecule has 0 N–H and O–H groups in total. The van der Waals surface area contributed by atoms with Crippen LogP contribution < -0.4 is 0 Å². The highest BCUT2D eigenvalue weighted by atomic mass is 19.2. The van der Waals surface area contributed by atoms with E-state index in [-0.39, 0.29) is 18.5 Å². The highest BCUT2D eigenvalue weighted by Gasteiger charge is 2.15. The Kier molecular flexibility index (Phi) is 5.89. The second-order valence-electron chi connectivity index (χ2n) is 4.27. The number of hydrogen-bond donors (Lipinski definition) is 0. The summed E-state index contributed by atoms with van der Waals surface area (Å²) in [6.07, 6.45) is 0.899. The lowest BCUT2D eigenvalue weighted by atomic mass is 9.98. The van der Waals surface area contributed by atoms with Gasteiger partial charge in [0.1, 0.15) is 0 Å². The standard InChI is InChI=1S/C14H18F2O3/c1-9(18-2)11-8-13(16)12(15)7-10(11)5-4-6-14(17)19-3/h7-9H,4-6H2,1-3H3. The van der Waals surface area contributed by atoms with Crippen molar-refractivity contribution in [3.05, 3.63) is 34.9 Å². The SMILES string of the molecule is COC(=O)CCCc1cc(F)c(F)cc1C(C)OC. The first-order valence-corrected chi connectivity index (χ1v) is 6.07. The number of halogens is 2. The number of carbonyl (C=O) groups is 1. The number of benzene rings is 1. The Bertz CT molecular complexity index is 447. The van der Waals surface area contributed by atoms with E-state index in [9.17, 15) is 13.6 Å². The van der Waals surface area contributed by atoms with Crippen LogP contribution in [-0.2, 0) is 20.7 Å². The molecule has 0 heterocycles. The van der Waals surface area contributed by atoms with E-state index < -0.39 is 11.6 Å². The van der Waals surface area contributed by atoms with Crippen LogP contribution in [0.5, 0.6) is 0 Å². The second-order valence-corrected chi connectivity index (χ2v) is 4.27. The van der Waals surface area contributed by atoms with Crippen molar-refractivity contribution in [2.45, 2.75) is 32.3 Å². The number of ether oxygens (including phenoxy) is 2. The molecule has 1 rings (SSSR count). The van der Waals surface area contributed by atoms with Gasteiger partial charge in [0.05, 0.1) is 13.2 Å². The molecule has 0 radical (unpaired) electrons. The van der Waals surface area contributed by atoms with Crippen molar-refractivity contribution in [3.8, 4) is 0 Å². The Hall–Kier alpha value is -1.49. The first kappa shape index (κ1) is 15.6. The van der Waals surface area contributed by atoms with Crippen LogP contribution in [-0.4, -0.2) is 20.2 Å². The van der Waals surface area contributed by atoms with Crippen LogP contribution in [0, 0.1) is 11.6 Å². The number of methoxy groups -OCH3 is 2. The Morgan fingerprint density at radius 2 is 1.89 bits per heavy atom. The highest BCUT2D eigenvalue weighted by Crippen LogP contribution is 2.25. The van der Waals surface area contributed by atoms with E-state index in [1.165, 1.54) is 14.2 Å². The topological polar surface area (TPSA) is 35.5 Å². The van der Waals surface area contributed by atoms with Crippen LogP contribution in [0.3, 0.4) is 0 Å². The average Bonchev–Trinajstić information content (AvgIpc) is 2.41. The maximum Gasteiger partial charge on any atom is 0.305 e. The maximum atomic E-state index is 13.3. The molecular formula is C14H18F2O3. The van der Waals surface area contributed by atoms with Gasteiger partial charge in [-0.2, -0.15) is 0 Å². The highest BCUT2D eigenvalue weighted by molar-refractivity contribution is 5.69. The van der Waals surface area contributed by atoms with Crippen molar-refractivity contribution in [3.63, 3.8) is 0 Å². The zero-order valence-electron chi connectivity index (χ0n) is 11.3. The molecule has 0 aliphatic carbocycles. The predicted molar refractivity (Wildman–Crippen MR) is 66.7 cm³/mol. The average molecular weight is 272 g/mol. The quantitative estimate of drug-likeness (QED) is 0.746. The Balaban J connectivity index is 2.85. The lowest BCUT2D eigenvalue weighted by molar-refractivity contribution is -0.140. The van der Waals surface area contributed by atoms with E-state index in [1.54, 1.807) is 6.92 Å². The molecule has 0 fully saturated rings. The van der Waals surface area contributed by atoms with Crippen molar-refractivity contribution in [2.24, 2.45) is 0 Å². The summed E-state index contributed by atoms with van der Waals surface area (Å²) in [5.41, 5.74) is 1.25. The third-order valence-corrected chi connectivity index (χ3v) is 3.03. The monoisotopic (exact) mass is 272 g/mol. The van der Waals surface area contributed by atoms with Gasteiger partial charge in [-0.15, -0.1) is 0 Å². The Morgan fingerprint density at radius 1 is 1.26 bits per heavy atom. The molecule has 0 aliphatic heterocycles. The van der Waals surface area contributed by atoms with Gasteiger partial charge >= 0.3 is 5.97 Å². The number of aryl methyl sites for hydroxylation is 1. The molecule has 19 heavy (non-hydrogen) atoms. The molecule has 3 nitrogen and oxygen atoms in total. The Morgan fingerprint density at radius 3 is 2.47 bits per heavy atom. The molecular weight excluding hydrogens is 254 g/mol. The maximum absolute atomic E-state index is 13.3. The van der Waals surface area contributed by atoms with Gasteiger partial charge in [0, 0.05) is 13.5 Å². The normalized spacial score (nSPS) is 12.3. The third kappa shape index (κ3) is 4.28. The van der Waals surface area contributed by atoms with Gasteiger partial charge in [-0.1, -0.05) is 0 Å². The van der Waals surface area contributed by atoms with E-state index in [0.29, 0.717) is 24.0 Å². The lowest BCUT2D eigenvalue weighted by Crippen LogP contribution is -2.06. The van der Waals surface area contributed by atoms with Crippen molar-refractivity contribution in [1.82, 2.24) is 0 Å². The molecule has 1 aromatic rings. The fraction of sp³-hybridized carbons (Fsp3) is 0.500. The minimum atomic E-state index is -0.893. The van der Waals surface area contributed by atoms with Crippen LogP contribution in [0.1, 0.15) is 37.0 Å². The molecule has 106 valence electrons. The number of esters is 1. The number of hydrogen-bond acceptors (Lipinski definition) is 3. The van der Waals surface area contributed by atoms with Crippen molar-refractivity contribution >= 4 is 5.97 Å². The molecule has 0 amide bonds. The van der Waals surface area contributed by atoms with Gasteiger partial charge in [-0.3, -0.25) is 4.79 Å². The summed E-state index contributed by atoms with van der Waals surface area (Å²) in [5, 5.41) is 0. The predicted octanol–water partition coefficient (Wildman–Crippen LogP) is 3.17. The fourth-order valence-electron chi connectivity index (χ4n) is 1.85. The zero-order valence-corrected chi connectivity index (χ0v) is 11.3. The summed E-state index contributed by atoms with van der Waals surface area (Å²) in [5.74, 6) is -2.10. The zero-order chi connectivity index (χ0) is 14.4. The van der Waals surface area contributed by atoms with E-state index in [0.717, 1.165) is 12.1 Å². The number of rotatable bonds is 6. The van der Waals surface area contributed by atoms with Gasteiger partial charge in [0.15, 0.2) is 11.6 Å². The molecule has 0 aromatic heterocycles. The smallest absolute Gasteiger partial charge is 0.305 e. The lowest BCUT2D eigenvalue weighted by Gasteiger charge is -2.15. The van der Waals surface area contributed by atoms with Crippen molar-refractivity contribution < 1.29 is 23.0 Å². The summed E-state index contributed by atoms with van der Waals surface area (Å²) in [6, 6.07) is 2.31. The fourth-order valence-corrected chi connectivity index (χ4v) is 1.85. The van der Waals surface area contributed by atoms with Gasteiger partial charge in [0.25, 0.3) is 0 Å². The van der Waals surface area contributed by atoms with Gasteiger partial charge in [0.2, 0.25) is 0 Å². The summed E-state index contributed by atoms with van der Waals surface area (Å²) in [4.78, 5) is 11.0. The summed E-state index contributed by atoms with van der Waals surface area (Å²) in [6.45, 7) is 1.76. The van der Waals surface area contributed by atoms with Crippen LogP contribution in [0.15, 0.2) is 12.1 Å². The molecule has 5 heteroatoms. The molecule has 0 bridgehead atoms. The summed E-state index contributed by atoms with van der Waals surface area (Å²) in [7, 11) is 2.82. The minimum Gasteiger partial charge on any atom is -0.469 e. The molecule has 0 spiro atoms. The first-order valence-electron chi connectivity index (χ1n) is 6.07. The van der Waals surface area contributed by atoms with E-state index >= 15 is 0 Å². The molecule has 1 aromatic carbocycles. The number of carbonyl (C=O) groups excluding carboxylic acids is 1. The molecule has 1 atom stereocenters. The van der Waals surface area contributed by atoms with Crippen LogP contribution in [0.25, 0.3) is 0 Å². The van der Waals surface area contributed by atoms with Gasteiger partial charge < -0.3 is 9.47 Å². The largest absolute Gasteiger partial charge is 0.469 e. The van der Waals surface area contributed by atoms with Gasteiger partial charge in [-0.25, -0.2) is 8.78 Å². The van der Waals surface area contributed by atoms with E-state index in [4.69, 9.17) is 4.74 Å². The van der Waals surface area contributed by atoms with E-state index in [1.807, 2.05) is 0 Å². The van der Waals surface area contributed by atoms with Gasteiger partial charge in [-0.05, 0) is 43.0 Å². The van der Waals surface area contributed by atoms with E-state index in [2.05, 4.69) is 4.74 Å². The molecule has 0 saturated carbocycles. The second kappa shape index (κ2) is 7.19. The molecule has 0 aliphatic rings. The first-order chi connectivity index (χ1) is 8.99. The third-order valence-electron chi connectivity index (χ3n) is 3.03. The van der Waals surface area contributed by atoms with Crippen LogP contribution >= 0.6 is 0 Å². The van der Waals surface area contributed by atoms with Crippen molar-refractivity contribution in [1.29, 1.82) is 0 Å². The van der Waals surface area contributed by atoms with Crippen molar-refractivity contribution in [2.75, 3.05) is 14.2 Å². The Labute approximate surface area is 111 Å². The van der Waals surface area contributed by atoms with Crippen LogP contribution in [0.2, 0.25) is 0 Å².